The van der Waals surface area contributed by atoms with Gasteiger partial charge < -0.3 is 15.1 Å². The summed E-state index contributed by atoms with van der Waals surface area (Å²) in [5.74, 6) is -0.0331. The summed E-state index contributed by atoms with van der Waals surface area (Å²) in [6, 6.07) is 0.495. The molecular formula is C15H26F3N5O. The lowest BCUT2D eigenvalue weighted by molar-refractivity contribution is -0.157. The lowest BCUT2D eigenvalue weighted by Crippen LogP contribution is -2.47. The molecule has 138 valence electrons. The van der Waals surface area contributed by atoms with Crippen LogP contribution in [0.15, 0.2) is 4.99 Å². The van der Waals surface area contributed by atoms with Gasteiger partial charge in [0.1, 0.15) is 6.54 Å². The van der Waals surface area contributed by atoms with Crippen LogP contribution in [0, 0.1) is 0 Å². The number of alkyl halides is 3. The minimum Gasteiger partial charge on any atom is -0.347 e. The van der Waals surface area contributed by atoms with Gasteiger partial charge in [-0.05, 0) is 32.4 Å². The highest BCUT2D eigenvalue weighted by Gasteiger charge is 2.32. The molecule has 0 radical (unpaired) electrons. The van der Waals surface area contributed by atoms with E-state index in [-0.39, 0.29) is 6.54 Å². The van der Waals surface area contributed by atoms with Gasteiger partial charge in [0.25, 0.3) is 0 Å². The number of hydrogen-bond donors (Lipinski definition) is 1. The number of hydrogen-bond acceptors (Lipinski definition) is 3. The SMILES string of the molecule is CN=C(NCC(=O)N(C)CC(F)(F)F)N1CCC(N2CCCC2)C1. The highest BCUT2D eigenvalue weighted by atomic mass is 19.4. The molecule has 0 saturated carbocycles. The molecule has 0 aliphatic carbocycles. The molecule has 0 spiro atoms. The molecule has 9 heteroatoms. The third-order valence-electron chi connectivity index (χ3n) is 4.57. The number of rotatable bonds is 4. The van der Waals surface area contributed by atoms with E-state index in [0.717, 1.165) is 39.6 Å². The Morgan fingerprint density at radius 2 is 1.96 bits per heavy atom. The molecule has 1 unspecified atom stereocenters. The van der Waals surface area contributed by atoms with E-state index in [0.29, 0.717) is 16.9 Å². The van der Waals surface area contributed by atoms with E-state index >= 15 is 0 Å². The van der Waals surface area contributed by atoms with Crippen molar-refractivity contribution < 1.29 is 18.0 Å². The molecule has 0 aromatic heterocycles. The van der Waals surface area contributed by atoms with E-state index in [1.807, 2.05) is 0 Å². The van der Waals surface area contributed by atoms with E-state index in [1.165, 1.54) is 12.8 Å². The minimum atomic E-state index is -4.38. The molecule has 0 aromatic rings. The first-order valence-electron chi connectivity index (χ1n) is 8.30. The fourth-order valence-corrected chi connectivity index (χ4v) is 3.32. The van der Waals surface area contributed by atoms with Crippen molar-refractivity contribution in [2.75, 3.05) is 53.4 Å². The quantitative estimate of drug-likeness (QED) is 0.601. The normalized spacial score (nSPS) is 23.0. The lowest BCUT2D eigenvalue weighted by atomic mass is 10.2. The smallest absolute Gasteiger partial charge is 0.347 e. The number of likely N-dealkylation sites (tertiary alicyclic amines) is 2. The number of halogens is 3. The van der Waals surface area contributed by atoms with Crippen LogP contribution < -0.4 is 5.32 Å². The van der Waals surface area contributed by atoms with Crippen molar-refractivity contribution in [2.24, 2.45) is 4.99 Å². The Balaban J connectivity index is 1.79. The number of likely N-dealkylation sites (N-methyl/N-ethyl adjacent to an activating group) is 1. The summed E-state index contributed by atoms with van der Waals surface area (Å²) < 4.78 is 37.0. The monoisotopic (exact) mass is 349 g/mol. The summed E-state index contributed by atoms with van der Waals surface area (Å²) in [5, 5.41) is 2.89. The Morgan fingerprint density at radius 1 is 1.29 bits per heavy atom. The highest BCUT2D eigenvalue weighted by Crippen LogP contribution is 2.20. The average Bonchev–Trinajstić information content (AvgIpc) is 3.16. The number of carbonyl (C=O) groups is 1. The van der Waals surface area contributed by atoms with Crippen LogP contribution in [0.1, 0.15) is 19.3 Å². The Kier molecular flexibility index (Phi) is 6.31. The summed E-state index contributed by atoms with van der Waals surface area (Å²) in [6.07, 6.45) is -0.861. The van der Waals surface area contributed by atoms with Crippen LogP contribution in [0.5, 0.6) is 0 Å². The molecule has 2 fully saturated rings. The predicted molar refractivity (Wildman–Crippen MR) is 85.8 cm³/mol. The van der Waals surface area contributed by atoms with Crippen LogP contribution in [-0.4, -0.2) is 92.1 Å². The van der Waals surface area contributed by atoms with Crippen molar-refractivity contribution >= 4 is 11.9 Å². The molecule has 1 amide bonds. The van der Waals surface area contributed by atoms with Gasteiger partial charge in [0.2, 0.25) is 5.91 Å². The molecule has 2 saturated heterocycles. The zero-order valence-corrected chi connectivity index (χ0v) is 14.3. The van der Waals surface area contributed by atoms with Gasteiger partial charge in [0.05, 0.1) is 6.54 Å². The number of carbonyl (C=O) groups excluding carboxylic acids is 1. The van der Waals surface area contributed by atoms with Crippen molar-refractivity contribution in [2.45, 2.75) is 31.5 Å². The Morgan fingerprint density at radius 3 is 2.54 bits per heavy atom. The number of amides is 1. The zero-order chi connectivity index (χ0) is 17.7. The van der Waals surface area contributed by atoms with Gasteiger partial charge >= 0.3 is 6.18 Å². The summed E-state index contributed by atoms with van der Waals surface area (Å²) in [4.78, 5) is 21.2. The lowest BCUT2D eigenvalue weighted by Gasteiger charge is -2.26. The topological polar surface area (TPSA) is 51.2 Å². The van der Waals surface area contributed by atoms with E-state index in [1.54, 1.807) is 7.05 Å². The average molecular weight is 349 g/mol. The van der Waals surface area contributed by atoms with Crippen LogP contribution in [-0.2, 0) is 4.79 Å². The van der Waals surface area contributed by atoms with Crippen LogP contribution in [0.4, 0.5) is 13.2 Å². The fourth-order valence-electron chi connectivity index (χ4n) is 3.32. The van der Waals surface area contributed by atoms with Crippen molar-refractivity contribution in [1.29, 1.82) is 0 Å². The Labute approximate surface area is 140 Å². The van der Waals surface area contributed by atoms with Gasteiger partial charge in [-0.3, -0.25) is 14.7 Å². The fraction of sp³-hybridized carbons (Fsp3) is 0.867. The Bertz CT molecular complexity index is 463. The molecule has 2 aliphatic heterocycles. The van der Waals surface area contributed by atoms with Gasteiger partial charge in [-0.25, -0.2) is 0 Å². The van der Waals surface area contributed by atoms with Crippen molar-refractivity contribution in [1.82, 2.24) is 20.0 Å². The summed E-state index contributed by atoms with van der Waals surface area (Å²) in [7, 11) is 2.77. The highest BCUT2D eigenvalue weighted by molar-refractivity contribution is 5.86. The van der Waals surface area contributed by atoms with Crippen LogP contribution in [0.2, 0.25) is 0 Å². The molecule has 2 aliphatic rings. The molecule has 1 atom stereocenters. The third-order valence-corrected chi connectivity index (χ3v) is 4.57. The largest absolute Gasteiger partial charge is 0.406 e. The minimum absolute atomic E-state index is 0.190. The van der Waals surface area contributed by atoms with Gasteiger partial charge in [-0.15, -0.1) is 0 Å². The van der Waals surface area contributed by atoms with E-state index < -0.39 is 18.6 Å². The number of guanidine groups is 1. The molecule has 0 aromatic carbocycles. The molecular weight excluding hydrogens is 323 g/mol. The zero-order valence-electron chi connectivity index (χ0n) is 14.3. The number of aliphatic imine (C=N–C) groups is 1. The van der Waals surface area contributed by atoms with Gasteiger partial charge in [-0.2, -0.15) is 13.2 Å². The first-order chi connectivity index (χ1) is 11.3. The van der Waals surface area contributed by atoms with E-state index in [9.17, 15) is 18.0 Å². The maximum absolute atomic E-state index is 12.3. The second-order valence-corrected chi connectivity index (χ2v) is 6.40. The summed E-state index contributed by atoms with van der Waals surface area (Å²) in [6.45, 7) is 2.51. The second kappa shape index (κ2) is 8.04. The summed E-state index contributed by atoms with van der Waals surface area (Å²) in [5.41, 5.74) is 0. The molecule has 2 heterocycles. The van der Waals surface area contributed by atoms with E-state index in [4.69, 9.17) is 0 Å². The first-order valence-corrected chi connectivity index (χ1v) is 8.30. The van der Waals surface area contributed by atoms with Crippen molar-refractivity contribution in [3.63, 3.8) is 0 Å². The molecule has 2 rings (SSSR count). The van der Waals surface area contributed by atoms with Crippen LogP contribution >= 0.6 is 0 Å². The standard InChI is InChI=1S/C15H26F3N5O/c1-19-14(20-9-13(24)21(2)11-15(16,17)18)23-8-5-12(10-23)22-6-3-4-7-22/h12H,3-11H2,1-2H3,(H,19,20). The molecule has 24 heavy (non-hydrogen) atoms. The Hall–Kier alpha value is -1.51. The maximum atomic E-state index is 12.3. The number of nitrogens with one attached hydrogen (secondary N) is 1. The third kappa shape index (κ3) is 5.25. The van der Waals surface area contributed by atoms with E-state index in [2.05, 4.69) is 20.1 Å². The first kappa shape index (κ1) is 18.8. The van der Waals surface area contributed by atoms with Crippen molar-refractivity contribution in [3.05, 3.63) is 0 Å². The van der Waals surface area contributed by atoms with Crippen LogP contribution in [0.3, 0.4) is 0 Å². The second-order valence-electron chi connectivity index (χ2n) is 6.40. The van der Waals surface area contributed by atoms with Crippen molar-refractivity contribution in [3.8, 4) is 0 Å². The number of nitrogens with zero attached hydrogens (tertiary/aromatic N) is 4. The molecule has 6 nitrogen and oxygen atoms in total. The van der Waals surface area contributed by atoms with Gasteiger partial charge in [-0.1, -0.05) is 0 Å². The van der Waals surface area contributed by atoms with Gasteiger partial charge in [0.15, 0.2) is 5.96 Å². The predicted octanol–water partition coefficient (Wildman–Crippen LogP) is 0.753. The van der Waals surface area contributed by atoms with Gasteiger partial charge in [0, 0.05) is 33.2 Å². The molecule has 1 N–H and O–H groups in total. The van der Waals surface area contributed by atoms with Crippen LogP contribution in [0.25, 0.3) is 0 Å². The summed E-state index contributed by atoms with van der Waals surface area (Å²) >= 11 is 0. The molecule has 0 bridgehead atoms. The maximum Gasteiger partial charge on any atom is 0.406 e.